The first-order valence-electron chi connectivity index (χ1n) is 5.29. The van der Waals surface area contributed by atoms with Crippen molar-refractivity contribution in [2.45, 2.75) is 44.8 Å². The molecule has 1 heterocycles. The van der Waals surface area contributed by atoms with Crippen LogP contribution in [-0.2, 0) is 9.16 Å². The van der Waals surface area contributed by atoms with Crippen LogP contribution in [0.2, 0.25) is 19.6 Å². The van der Waals surface area contributed by atoms with E-state index in [0.29, 0.717) is 6.61 Å². The zero-order chi connectivity index (χ0) is 10.9. The van der Waals surface area contributed by atoms with Crippen molar-refractivity contribution in [1.29, 1.82) is 0 Å². The minimum absolute atomic E-state index is 0.133. The van der Waals surface area contributed by atoms with E-state index in [1.165, 1.54) is 0 Å². The van der Waals surface area contributed by atoms with Crippen LogP contribution in [0.25, 0.3) is 0 Å². The molecule has 0 aromatic heterocycles. The van der Waals surface area contributed by atoms with Gasteiger partial charge in [0.25, 0.3) is 0 Å². The first-order valence-corrected chi connectivity index (χ1v) is 8.69. The molecule has 0 aromatic carbocycles. The van der Waals surface area contributed by atoms with Gasteiger partial charge in [0.05, 0.1) is 12.7 Å². The summed E-state index contributed by atoms with van der Waals surface area (Å²) >= 11 is 0. The Morgan fingerprint density at radius 2 is 2.00 bits per heavy atom. The molecule has 1 rings (SSSR count). The van der Waals surface area contributed by atoms with Crippen molar-refractivity contribution in [3.8, 4) is 0 Å². The third-order valence-electron chi connectivity index (χ3n) is 2.73. The fourth-order valence-corrected chi connectivity index (χ4v) is 2.23. The highest BCUT2D eigenvalue weighted by atomic mass is 28.4. The monoisotopic (exact) mass is 216 g/mol. The second kappa shape index (κ2) is 4.35. The zero-order valence-corrected chi connectivity index (χ0v) is 10.8. The lowest BCUT2D eigenvalue weighted by Gasteiger charge is -2.22. The van der Waals surface area contributed by atoms with E-state index in [4.69, 9.17) is 9.16 Å². The summed E-state index contributed by atoms with van der Waals surface area (Å²) < 4.78 is 11.4. The van der Waals surface area contributed by atoms with Gasteiger partial charge < -0.3 is 14.3 Å². The Labute approximate surface area is 88.3 Å². The van der Waals surface area contributed by atoms with Crippen molar-refractivity contribution in [3.05, 3.63) is 0 Å². The normalized spacial score (nSPS) is 38.9. The fourth-order valence-electron chi connectivity index (χ4n) is 1.57. The molecule has 0 spiro atoms. The highest BCUT2D eigenvalue weighted by Crippen LogP contribution is 2.25. The highest BCUT2D eigenvalue weighted by molar-refractivity contribution is 6.69. The molecule has 1 aliphatic rings. The van der Waals surface area contributed by atoms with E-state index in [-0.39, 0.29) is 24.1 Å². The van der Waals surface area contributed by atoms with E-state index in [1.807, 2.05) is 14.8 Å². The standard InChI is InChI=1S/C9H21BO3Si/c1-6-8(11)7(13-9(6)10)5-12-14(2,3)4/h6-9,11H,5,10H2,1-4H3/t6?,7-,8-,9-/m1/s1. The SMILES string of the molecule is B[C@@H]1O[C@H](CO[Si](C)(C)C)[C@H](O)C1C. The maximum absolute atomic E-state index is 9.84. The Kier molecular flexibility index (Phi) is 3.80. The molecule has 0 aromatic rings. The topological polar surface area (TPSA) is 38.7 Å². The Balaban J connectivity index is 2.40. The van der Waals surface area contributed by atoms with E-state index in [0.717, 1.165) is 0 Å². The van der Waals surface area contributed by atoms with E-state index >= 15 is 0 Å². The summed E-state index contributed by atoms with van der Waals surface area (Å²) in [5.41, 5.74) is 0. The van der Waals surface area contributed by atoms with Crippen molar-refractivity contribution in [3.63, 3.8) is 0 Å². The van der Waals surface area contributed by atoms with Crippen LogP contribution in [0.1, 0.15) is 6.92 Å². The van der Waals surface area contributed by atoms with Crippen LogP contribution in [0.4, 0.5) is 0 Å². The van der Waals surface area contributed by atoms with Crippen molar-refractivity contribution in [2.75, 3.05) is 6.61 Å². The Hall–Kier alpha value is 0.162. The Bertz CT molecular complexity index is 195. The van der Waals surface area contributed by atoms with E-state index in [2.05, 4.69) is 19.6 Å². The minimum atomic E-state index is -1.49. The van der Waals surface area contributed by atoms with Crippen molar-refractivity contribution < 1.29 is 14.3 Å². The van der Waals surface area contributed by atoms with Crippen LogP contribution in [-0.4, -0.2) is 46.1 Å². The maximum atomic E-state index is 9.84. The van der Waals surface area contributed by atoms with Gasteiger partial charge in [-0.15, -0.1) is 0 Å². The van der Waals surface area contributed by atoms with Gasteiger partial charge in [-0.1, -0.05) is 6.92 Å². The fraction of sp³-hybridized carbons (Fsp3) is 1.00. The molecule has 0 amide bonds. The van der Waals surface area contributed by atoms with Crippen molar-refractivity contribution in [2.24, 2.45) is 5.92 Å². The van der Waals surface area contributed by atoms with Crippen molar-refractivity contribution >= 4 is 16.2 Å². The van der Waals surface area contributed by atoms with Crippen LogP contribution >= 0.6 is 0 Å². The average Bonchev–Trinajstić information content (AvgIpc) is 2.28. The molecule has 0 bridgehead atoms. The molecule has 82 valence electrons. The lowest BCUT2D eigenvalue weighted by Crippen LogP contribution is -2.35. The number of aliphatic hydroxyl groups excluding tert-OH is 1. The molecule has 14 heavy (non-hydrogen) atoms. The molecule has 4 atom stereocenters. The average molecular weight is 216 g/mol. The van der Waals surface area contributed by atoms with Crippen LogP contribution in [0, 0.1) is 5.92 Å². The predicted octanol–water partition coefficient (Wildman–Crippen LogP) is 0.193. The summed E-state index contributed by atoms with van der Waals surface area (Å²) in [5, 5.41) is 9.84. The molecule has 1 N–H and O–H groups in total. The predicted molar refractivity (Wildman–Crippen MR) is 61.7 cm³/mol. The van der Waals surface area contributed by atoms with Gasteiger partial charge >= 0.3 is 0 Å². The van der Waals surface area contributed by atoms with Gasteiger partial charge in [-0.05, 0) is 19.6 Å². The van der Waals surface area contributed by atoms with Gasteiger partial charge in [-0.3, -0.25) is 0 Å². The van der Waals surface area contributed by atoms with Gasteiger partial charge in [0.2, 0.25) is 0 Å². The van der Waals surface area contributed by atoms with Crippen LogP contribution in [0.3, 0.4) is 0 Å². The van der Waals surface area contributed by atoms with Crippen LogP contribution in [0.5, 0.6) is 0 Å². The molecule has 5 heteroatoms. The molecule has 1 fully saturated rings. The van der Waals surface area contributed by atoms with Crippen molar-refractivity contribution in [1.82, 2.24) is 0 Å². The van der Waals surface area contributed by atoms with E-state index in [1.54, 1.807) is 0 Å². The lowest BCUT2D eigenvalue weighted by molar-refractivity contribution is -0.000159. The summed E-state index contributed by atoms with van der Waals surface area (Å²) in [6, 6.07) is 0.139. The van der Waals surface area contributed by atoms with Gasteiger partial charge in [0.15, 0.2) is 8.32 Å². The van der Waals surface area contributed by atoms with Gasteiger partial charge in [-0.25, -0.2) is 0 Å². The number of hydrogen-bond donors (Lipinski definition) is 1. The zero-order valence-electron chi connectivity index (χ0n) is 9.78. The minimum Gasteiger partial charge on any atom is -0.415 e. The summed E-state index contributed by atoms with van der Waals surface area (Å²) in [6.45, 7) is 8.97. The summed E-state index contributed by atoms with van der Waals surface area (Å²) in [4.78, 5) is 0. The number of rotatable bonds is 3. The number of ether oxygens (including phenoxy) is 1. The van der Waals surface area contributed by atoms with Gasteiger partial charge in [-0.2, -0.15) is 0 Å². The molecule has 0 radical (unpaired) electrons. The smallest absolute Gasteiger partial charge is 0.183 e. The van der Waals surface area contributed by atoms with Gasteiger partial charge in [0, 0.05) is 11.9 Å². The third kappa shape index (κ3) is 3.09. The highest BCUT2D eigenvalue weighted by Gasteiger charge is 2.38. The molecular formula is C9H21BO3Si. The molecule has 0 saturated carbocycles. The van der Waals surface area contributed by atoms with Gasteiger partial charge in [0.1, 0.15) is 14.0 Å². The third-order valence-corrected chi connectivity index (χ3v) is 3.76. The summed E-state index contributed by atoms with van der Waals surface area (Å²) in [6.07, 6.45) is -0.506. The quantitative estimate of drug-likeness (QED) is 0.684. The van der Waals surface area contributed by atoms with E-state index in [9.17, 15) is 5.11 Å². The number of hydrogen-bond acceptors (Lipinski definition) is 3. The molecule has 1 saturated heterocycles. The molecule has 1 aliphatic heterocycles. The molecular weight excluding hydrogens is 195 g/mol. The Morgan fingerprint density at radius 3 is 2.36 bits per heavy atom. The van der Waals surface area contributed by atoms with Crippen LogP contribution < -0.4 is 0 Å². The Morgan fingerprint density at radius 1 is 1.43 bits per heavy atom. The molecule has 1 unspecified atom stereocenters. The first kappa shape index (κ1) is 12.2. The maximum Gasteiger partial charge on any atom is 0.183 e. The lowest BCUT2D eigenvalue weighted by atomic mass is 9.86. The summed E-state index contributed by atoms with van der Waals surface area (Å²) in [5.74, 6) is 0.213. The molecule has 0 aliphatic carbocycles. The largest absolute Gasteiger partial charge is 0.415 e. The number of aliphatic hydroxyl groups is 1. The summed E-state index contributed by atoms with van der Waals surface area (Å²) in [7, 11) is 0.513. The second-order valence-electron chi connectivity index (χ2n) is 5.15. The van der Waals surface area contributed by atoms with E-state index < -0.39 is 8.32 Å². The van der Waals surface area contributed by atoms with Crippen LogP contribution in [0.15, 0.2) is 0 Å². The molecule has 3 nitrogen and oxygen atoms in total. The first-order chi connectivity index (χ1) is 6.31. The second-order valence-corrected chi connectivity index (χ2v) is 9.67.